The molecule has 220 valence electrons. The zero-order valence-electron chi connectivity index (χ0n) is 23.5. The van der Waals surface area contributed by atoms with E-state index in [1.807, 2.05) is 25.1 Å². The molecule has 41 heavy (non-hydrogen) atoms. The maximum atomic E-state index is 13.2. The largest absolute Gasteiger partial charge is 0.490 e. The van der Waals surface area contributed by atoms with Gasteiger partial charge in [0.25, 0.3) is 5.91 Å². The summed E-state index contributed by atoms with van der Waals surface area (Å²) in [5.41, 5.74) is 3.35. The third-order valence-electron chi connectivity index (χ3n) is 9.72. The first-order valence-electron chi connectivity index (χ1n) is 14.9. The van der Waals surface area contributed by atoms with E-state index in [-0.39, 0.29) is 28.6 Å². The fourth-order valence-electron chi connectivity index (χ4n) is 7.28. The number of allylic oxidation sites excluding steroid dienone is 1. The molecule has 1 saturated carbocycles. The maximum absolute atomic E-state index is 13.2. The van der Waals surface area contributed by atoms with Crippen LogP contribution in [0.4, 0.5) is 5.69 Å². The Morgan fingerprint density at radius 2 is 2.05 bits per heavy atom. The highest BCUT2D eigenvalue weighted by Crippen LogP contribution is 2.46. The number of sulfonamides is 1. The summed E-state index contributed by atoms with van der Waals surface area (Å²) in [4.78, 5) is 15.6. The molecule has 0 unspecified atom stereocenters. The number of aryl methyl sites for hydroxylation is 1. The third kappa shape index (κ3) is 5.75. The van der Waals surface area contributed by atoms with E-state index in [1.54, 1.807) is 18.2 Å². The second kappa shape index (κ2) is 11.3. The van der Waals surface area contributed by atoms with Gasteiger partial charge in [0, 0.05) is 29.1 Å². The molecule has 4 aliphatic rings. The Labute approximate surface area is 248 Å². The van der Waals surface area contributed by atoms with Crippen LogP contribution in [0.2, 0.25) is 5.02 Å². The van der Waals surface area contributed by atoms with E-state index in [1.165, 1.54) is 11.1 Å². The smallest absolute Gasteiger partial charge is 0.264 e. The summed E-state index contributed by atoms with van der Waals surface area (Å²) in [6, 6.07) is 11.4. The lowest BCUT2D eigenvalue weighted by atomic mass is 9.68. The van der Waals surface area contributed by atoms with E-state index >= 15 is 0 Å². The van der Waals surface area contributed by atoms with Gasteiger partial charge < -0.3 is 14.7 Å². The molecule has 0 saturated heterocycles. The summed E-state index contributed by atoms with van der Waals surface area (Å²) < 4.78 is 34.7. The molecule has 1 spiro atoms. The number of halogens is 1. The molecule has 2 aromatic carbocycles. The lowest BCUT2D eigenvalue weighted by molar-refractivity contribution is 0.0177. The Balaban J connectivity index is 1.41. The van der Waals surface area contributed by atoms with Crippen molar-refractivity contribution in [2.75, 3.05) is 30.3 Å². The standard InChI is InChI=1S/C32H39ClN2O5S/c1-2-21-5-3-7-29(36)26-11-8-24(26)17-35-19-32(14-4-6-22-15-25(33)10-12-27(22)32)20-40-30-13-9-23(16-28(30)35)31(37)34-41(38,39)18-21/h3,5,9-10,12-13,15-16,21,24,26,29,36H,2,4,6-8,11,14,17-20H2,1H3,(H,34,37)/b5-3-/t21-,24+,26-,29+,32+/m1/s1. The number of rotatable bonds is 1. The fraction of sp³-hybridized carbons (Fsp3) is 0.531. The van der Waals surface area contributed by atoms with Crippen LogP contribution >= 0.6 is 11.6 Å². The van der Waals surface area contributed by atoms with Crippen LogP contribution in [0.3, 0.4) is 0 Å². The summed E-state index contributed by atoms with van der Waals surface area (Å²) in [6.45, 7) is 3.87. The molecule has 0 radical (unpaired) electrons. The minimum Gasteiger partial charge on any atom is -0.490 e. The lowest BCUT2D eigenvalue weighted by Crippen LogP contribution is -2.49. The summed E-state index contributed by atoms with van der Waals surface area (Å²) in [7, 11) is -3.86. The second-order valence-electron chi connectivity index (χ2n) is 12.4. The lowest BCUT2D eigenvalue weighted by Gasteiger charge is -2.45. The molecule has 1 fully saturated rings. The first kappa shape index (κ1) is 28.6. The predicted octanol–water partition coefficient (Wildman–Crippen LogP) is 5.25. The second-order valence-corrected chi connectivity index (χ2v) is 14.6. The number of benzene rings is 2. The zero-order valence-corrected chi connectivity index (χ0v) is 25.1. The number of hydrogen-bond acceptors (Lipinski definition) is 6. The monoisotopic (exact) mass is 598 g/mol. The van der Waals surface area contributed by atoms with Crippen molar-refractivity contribution in [1.29, 1.82) is 0 Å². The quantitative estimate of drug-likeness (QED) is 0.436. The molecule has 5 atom stereocenters. The molecule has 2 bridgehead atoms. The molecular weight excluding hydrogens is 560 g/mol. The van der Waals surface area contributed by atoms with Crippen LogP contribution in [0.25, 0.3) is 0 Å². The fourth-order valence-corrected chi connectivity index (χ4v) is 8.87. The van der Waals surface area contributed by atoms with Crippen LogP contribution in [0.1, 0.15) is 66.9 Å². The molecule has 7 nitrogen and oxygen atoms in total. The SMILES string of the molecule is CC[C@@H]1/C=C\C[C@H](O)[C@@H]2CC[C@H]2CN2C[C@@]3(CCCc4cc(Cl)ccc43)COc3ccc(cc32)C(=O)NS(=O)(=O)C1. The number of carbonyl (C=O) groups excluding carboxylic acids is 1. The van der Waals surface area contributed by atoms with Crippen molar-refractivity contribution in [3.05, 3.63) is 70.3 Å². The summed E-state index contributed by atoms with van der Waals surface area (Å²) in [6.07, 6.45) is 9.41. The molecule has 2 aliphatic carbocycles. The van der Waals surface area contributed by atoms with Crippen molar-refractivity contribution in [2.24, 2.45) is 17.8 Å². The first-order chi connectivity index (χ1) is 19.7. The van der Waals surface area contributed by atoms with E-state index in [0.29, 0.717) is 37.7 Å². The van der Waals surface area contributed by atoms with Gasteiger partial charge >= 0.3 is 0 Å². The Hall–Kier alpha value is -2.55. The van der Waals surface area contributed by atoms with Crippen LogP contribution < -0.4 is 14.4 Å². The van der Waals surface area contributed by atoms with Gasteiger partial charge in [0.15, 0.2) is 0 Å². The minimum atomic E-state index is -3.86. The van der Waals surface area contributed by atoms with Gasteiger partial charge in [0.1, 0.15) is 5.75 Å². The average molecular weight is 599 g/mol. The zero-order chi connectivity index (χ0) is 28.8. The van der Waals surface area contributed by atoms with Gasteiger partial charge in [-0.1, -0.05) is 36.7 Å². The molecule has 2 aliphatic heterocycles. The first-order valence-corrected chi connectivity index (χ1v) is 16.9. The number of fused-ring (bicyclic) bond motifs is 4. The highest BCUT2D eigenvalue weighted by atomic mass is 35.5. The number of aliphatic hydroxyl groups excluding tert-OH is 1. The molecule has 9 heteroatoms. The number of anilines is 1. The van der Waals surface area contributed by atoms with Crippen molar-refractivity contribution in [1.82, 2.24) is 4.72 Å². The summed E-state index contributed by atoms with van der Waals surface area (Å²) >= 11 is 6.38. The highest BCUT2D eigenvalue weighted by molar-refractivity contribution is 7.90. The predicted molar refractivity (Wildman–Crippen MR) is 161 cm³/mol. The summed E-state index contributed by atoms with van der Waals surface area (Å²) in [5.74, 6) is 0.116. The Kier molecular flexibility index (Phi) is 7.85. The van der Waals surface area contributed by atoms with Crippen LogP contribution in [0.5, 0.6) is 5.75 Å². The molecule has 2 aromatic rings. The van der Waals surface area contributed by atoms with E-state index in [2.05, 4.69) is 21.8 Å². The molecule has 2 heterocycles. The number of nitrogens with zero attached hydrogens (tertiary/aromatic N) is 1. The maximum Gasteiger partial charge on any atom is 0.264 e. The minimum absolute atomic E-state index is 0.170. The van der Waals surface area contributed by atoms with Gasteiger partial charge in [0.05, 0.1) is 24.2 Å². The molecule has 6 rings (SSSR count). The van der Waals surface area contributed by atoms with E-state index in [4.69, 9.17) is 16.3 Å². The van der Waals surface area contributed by atoms with Gasteiger partial charge in [0.2, 0.25) is 10.0 Å². The van der Waals surface area contributed by atoms with Crippen LogP contribution in [0, 0.1) is 17.8 Å². The van der Waals surface area contributed by atoms with E-state index in [9.17, 15) is 18.3 Å². The summed E-state index contributed by atoms with van der Waals surface area (Å²) in [5, 5.41) is 11.9. The van der Waals surface area contributed by atoms with Crippen LogP contribution in [-0.2, 0) is 21.9 Å². The Morgan fingerprint density at radius 3 is 2.83 bits per heavy atom. The van der Waals surface area contributed by atoms with E-state index < -0.39 is 22.0 Å². The third-order valence-corrected chi connectivity index (χ3v) is 11.3. The number of carbonyl (C=O) groups is 1. The van der Waals surface area contributed by atoms with Gasteiger partial charge in [-0.25, -0.2) is 13.1 Å². The number of nitrogens with one attached hydrogen (secondary N) is 1. The van der Waals surface area contributed by atoms with Crippen molar-refractivity contribution < 1.29 is 23.1 Å². The van der Waals surface area contributed by atoms with Gasteiger partial charge in [-0.2, -0.15) is 0 Å². The molecular formula is C32H39ClN2O5S. The van der Waals surface area contributed by atoms with Gasteiger partial charge in [-0.3, -0.25) is 4.79 Å². The van der Waals surface area contributed by atoms with Crippen LogP contribution in [-0.4, -0.2) is 51.0 Å². The molecule has 1 amide bonds. The van der Waals surface area contributed by atoms with Crippen molar-refractivity contribution in [2.45, 2.75) is 63.4 Å². The van der Waals surface area contributed by atoms with Crippen LogP contribution in [0.15, 0.2) is 48.6 Å². The normalized spacial score (nSPS) is 32.0. The highest BCUT2D eigenvalue weighted by Gasteiger charge is 2.44. The number of aliphatic hydroxyl groups is 1. The molecule has 2 N–H and O–H groups in total. The molecule has 0 aromatic heterocycles. The number of ether oxygens (including phenoxy) is 1. The van der Waals surface area contributed by atoms with Crippen molar-refractivity contribution >= 4 is 33.2 Å². The Morgan fingerprint density at radius 1 is 1.20 bits per heavy atom. The van der Waals surface area contributed by atoms with Crippen molar-refractivity contribution in [3.8, 4) is 5.75 Å². The van der Waals surface area contributed by atoms with E-state index in [0.717, 1.165) is 49.4 Å². The average Bonchev–Trinajstić information content (AvgIpc) is 3.06. The number of hydrogen-bond donors (Lipinski definition) is 2. The number of amides is 1. The van der Waals surface area contributed by atoms with Gasteiger partial charge in [-0.15, -0.1) is 0 Å². The Bertz CT molecular complexity index is 1460. The van der Waals surface area contributed by atoms with Crippen molar-refractivity contribution in [3.63, 3.8) is 0 Å². The van der Waals surface area contributed by atoms with Gasteiger partial charge in [-0.05, 0) is 104 Å². The topological polar surface area (TPSA) is 95.9 Å².